The standard InChI is InChI=1S/C20H20F3N3OS.H2O/c1-13(14-8-6-9-16(11-14)20(21,22)23)26-27-12-15-7-4-5-10-17(15)18(24-2)19(28)25-3;/h4-11H,12H2,1-3H3,(H,25,28);1H2/b24-18?,26-13+;. The van der Waals surface area contributed by atoms with Gasteiger partial charge in [0.2, 0.25) is 0 Å². The van der Waals surface area contributed by atoms with Crippen LogP contribution in [0.15, 0.2) is 58.7 Å². The maximum absolute atomic E-state index is 12.9. The van der Waals surface area contributed by atoms with Crippen LogP contribution in [0.4, 0.5) is 13.2 Å². The first-order chi connectivity index (χ1) is 13.3. The van der Waals surface area contributed by atoms with Gasteiger partial charge in [0.25, 0.3) is 0 Å². The second-order valence-electron chi connectivity index (χ2n) is 5.84. The molecular formula is C20H22F3N3O2S. The van der Waals surface area contributed by atoms with E-state index in [4.69, 9.17) is 17.1 Å². The second-order valence-corrected chi connectivity index (χ2v) is 6.25. The molecule has 29 heavy (non-hydrogen) atoms. The normalized spacial score (nSPS) is 12.2. The van der Waals surface area contributed by atoms with E-state index < -0.39 is 11.7 Å². The van der Waals surface area contributed by atoms with Gasteiger partial charge < -0.3 is 15.6 Å². The summed E-state index contributed by atoms with van der Waals surface area (Å²) in [5.74, 6) is 0. The molecule has 0 spiro atoms. The molecule has 0 radical (unpaired) electrons. The largest absolute Gasteiger partial charge is 0.416 e. The van der Waals surface area contributed by atoms with Crippen molar-refractivity contribution < 1.29 is 23.5 Å². The lowest BCUT2D eigenvalue weighted by Gasteiger charge is -2.12. The Morgan fingerprint density at radius 3 is 2.45 bits per heavy atom. The highest BCUT2D eigenvalue weighted by Crippen LogP contribution is 2.29. The average molecular weight is 425 g/mol. The Morgan fingerprint density at radius 1 is 1.14 bits per heavy atom. The van der Waals surface area contributed by atoms with Crippen LogP contribution in [0.5, 0.6) is 0 Å². The first-order valence-electron chi connectivity index (χ1n) is 8.39. The van der Waals surface area contributed by atoms with E-state index in [-0.39, 0.29) is 12.1 Å². The minimum atomic E-state index is -4.41. The van der Waals surface area contributed by atoms with E-state index in [2.05, 4.69) is 15.5 Å². The molecule has 0 aliphatic heterocycles. The SMILES string of the molecule is CN=C(C(=S)NC)c1ccccc1CO/N=C(\C)c1cccc(C(F)(F)F)c1.O. The van der Waals surface area contributed by atoms with Crippen molar-refractivity contribution in [2.24, 2.45) is 10.1 Å². The number of oxime groups is 1. The monoisotopic (exact) mass is 425 g/mol. The number of alkyl halides is 3. The van der Waals surface area contributed by atoms with Crippen molar-refractivity contribution >= 4 is 28.6 Å². The topological polar surface area (TPSA) is 77.5 Å². The third-order valence-electron chi connectivity index (χ3n) is 3.97. The van der Waals surface area contributed by atoms with Gasteiger partial charge in [0.05, 0.1) is 17.0 Å². The molecule has 0 atom stereocenters. The van der Waals surface area contributed by atoms with Crippen molar-refractivity contribution in [3.8, 4) is 0 Å². The molecule has 0 saturated carbocycles. The summed E-state index contributed by atoms with van der Waals surface area (Å²) >= 11 is 5.28. The number of rotatable bonds is 6. The fraction of sp³-hybridized carbons (Fsp3) is 0.250. The molecular weight excluding hydrogens is 403 g/mol. The number of benzene rings is 2. The van der Waals surface area contributed by atoms with Crippen LogP contribution in [0.1, 0.15) is 29.2 Å². The van der Waals surface area contributed by atoms with Gasteiger partial charge in [-0.15, -0.1) is 0 Å². The molecule has 0 aliphatic carbocycles. The maximum atomic E-state index is 12.9. The summed E-state index contributed by atoms with van der Waals surface area (Å²) in [7, 11) is 3.36. The van der Waals surface area contributed by atoms with E-state index >= 15 is 0 Å². The van der Waals surface area contributed by atoms with Gasteiger partial charge >= 0.3 is 6.18 Å². The smallest absolute Gasteiger partial charge is 0.412 e. The summed E-state index contributed by atoms with van der Waals surface area (Å²) in [6.07, 6.45) is -4.41. The predicted octanol–water partition coefficient (Wildman–Crippen LogP) is 3.79. The Morgan fingerprint density at radius 2 is 1.83 bits per heavy atom. The van der Waals surface area contributed by atoms with Gasteiger partial charge in [0.1, 0.15) is 11.6 Å². The van der Waals surface area contributed by atoms with E-state index in [1.165, 1.54) is 6.07 Å². The molecule has 0 aliphatic rings. The summed E-state index contributed by atoms with van der Waals surface area (Å²) in [6, 6.07) is 12.4. The highest BCUT2D eigenvalue weighted by molar-refractivity contribution is 7.82. The number of likely N-dealkylation sites (N-methyl/N-ethyl adjacent to an activating group) is 1. The zero-order valence-corrected chi connectivity index (χ0v) is 17.0. The lowest BCUT2D eigenvalue weighted by Crippen LogP contribution is -2.27. The molecule has 156 valence electrons. The summed E-state index contributed by atoms with van der Waals surface area (Å²) in [5, 5.41) is 6.86. The Kier molecular flexibility index (Phi) is 8.93. The Hall–Kier alpha value is -2.78. The van der Waals surface area contributed by atoms with Crippen LogP contribution in [-0.4, -0.2) is 36.0 Å². The molecule has 2 rings (SSSR count). The molecule has 0 bridgehead atoms. The van der Waals surface area contributed by atoms with Gasteiger partial charge in [-0.2, -0.15) is 13.2 Å². The van der Waals surface area contributed by atoms with E-state index in [1.54, 1.807) is 27.1 Å². The van der Waals surface area contributed by atoms with Gasteiger partial charge in [-0.3, -0.25) is 4.99 Å². The van der Waals surface area contributed by atoms with E-state index in [1.807, 2.05) is 24.3 Å². The third-order valence-corrected chi connectivity index (χ3v) is 4.36. The van der Waals surface area contributed by atoms with Gasteiger partial charge in [-0.05, 0) is 24.6 Å². The van der Waals surface area contributed by atoms with Crippen molar-refractivity contribution in [3.05, 3.63) is 70.8 Å². The molecule has 2 aromatic rings. The Bertz CT molecular complexity index is 912. The van der Waals surface area contributed by atoms with Gasteiger partial charge in [-0.25, -0.2) is 0 Å². The second kappa shape index (κ2) is 10.7. The number of aliphatic imine (C=N–C) groups is 1. The van der Waals surface area contributed by atoms with Crippen LogP contribution in [0.3, 0.4) is 0 Å². The first-order valence-corrected chi connectivity index (χ1v) is 8.80. The molecule has 5 nitrogen and oxygen atoms in total. The molecule has 2 aromatic carbocycles. The van der Waals surface area contributed by atoms with Gasteiger partial charge in [-0.1, -0.05) is 53.8 Å². The summed E-state index contributed by atoms with van der Waals surface area (Å²) < 4.78 is 38.6. The lowest BCUT2D eigenvalue weighted by molar-refractivity contribution is -0.137. The van der Waals surface area contributed by atoms with E-state index in [0.29, 0.717) is 22.0 Å². The van der Waals surface area contributed by atoms with Crippen molar-refractivity contribution in [3.63, 3.8) is 0 Å². The van der Waals surface area contributed by atoms with E-state index in [0.717, 1.165) is 23.3 Å². The maximum Gasteiger partial charge on any atom is 0.416 e. The Labute approximate surface area is 172 Å². The zero-order chi connectivity index (χ0) is 20.7. The molecule has 9 heteroatoms. The van der Waals surface area contributed by atoms with Crippen molar-refractivity contribution in [2.45, 2.75) is 19.7 Å². The lowest BCUT2D eigenvalue weighted by atomic mass is 10.0. The number of nitrogens with zero attached hydrogens (tertiary/aromatic N) is 2. The van der Waals surface area contributed by atoms with Gasteiger partial charge in [0.15, 0.2) is 0 Å². The minimum Gasteiger partial charge on any atom is -0.412 e. The van der Waals surface area contributed by atoms with Crippen LogP contribution in [0, 0.1) is 0 Å². The quantitative estimate of drug-likeness (QED) is 0.435. The molecule has 3 N–H and O–H groups in total. The summed E-state index contributed by atoms with van der Waals surface area (Å²) in [4.78, 5) is 10.1. The van der Waals surface area contributed by atoms with Gasteiger partial charge in [0, 0.05) is 25.2 Å². The molecule has 0 aromatic heterocycles. The molecule has 0 fully saturated rings. The fourth-order valence-corrected chi connectivity index (χ4v) is 2.71. The number of nitrogens with one attached hydrogen (secondary N) is 1. The third kappa shape index (κ3) is 6.37. The average Bonchev–Trinajstić information content (AvgIpc) is 2.68. The highest BCUT2D eigenvalue weighted by Gasteiger charge is 2.30. The van der Waals surface area contributed by atoms with Crippen LogP contribution >= 0.6 is 12.2 Å². The number of thiocarbonyl (C=S) groups is 1. The fourth-order valence-electron chi connectivity index (χ4n) is 2.51. The van der Waals surface area contributed by atoms with Crippen LogP contribution in [0.2, 0.25) is 0 Å². The summed E-state index contributed by atoms with van der Waals surface area (Å²) in [6.45, 7) is 1.72. The molecule has 0 saturated heterocycles. The summed E-state index contributed by atoms with van der Waals surface area (Å²) in [5.41, 5.74) is 2.19. The number of hydrogen-bond donors (Lipinski definition) is 1. The van der Waals surface area contributed by atoms with Crippen LogP contribution in [-0.2, 0) is 17.6 Å². The zero-order valence-electron chi connectivity index (χ0n) is 16.2. The first kappa shape index (κ1) is 24.3. The van der Waals surface area contributed by atoms with Crippen molar-refractivity contribution in [2.75, 3.05) is 14.1 Å². The predicted molar refractivity (Wildman–Crippen MR) is 113 cm³/mol. The number of hydrogen-bond acceptors (Lipinski definition) is 4. The molecule has 0 amide bonds. The molecule has 0 unspecified atom stereocenters. The van der Waals surface area contributed by atoms with Crippen LogP contribution in [0.25, 0.3) is 0 Å². The van der Waals surface area contributed by atoms with E-state index in [9.17, 15) is 13.2 Å². The Balaban J connectivity index is 0.00000420. The van der Waals surface area contributed by atoms with Crippen molar-refractivity contribution in [1.29, 1.82) is 0 Å². The molecule has 0 heterocycles. The van der Waals surface area contributed by atoms with Crippen molar-refractivity contribution in [1.82, 2.24) is 5.32 Å². The van der Waals surface area contributed by atoms with Crippen LogP contribution < -0.4 is 5.32 Å². The number of halogens is 3. The highest BCUT2D eigenvalue weighted by atomic mass is 32.1. The minimum absolute atomic E-state index is 0.